The van der Waals surface area contributed by atoms with Gasteiger partial charge in [0.05, 0.1) is 5.57 Å². The van der Waals surface area contributed by atoms with E-state index in [0.29, 0.717) is 22.1 Å². The normalized spacial score (nSPS) is 17.5. The van der Waals surface area contributed by atoms with Gasteiger partial charge in [0.15, 0.2) is 10.8 Å². The lowest BCUT2D eigenvalue weighted by molar-refractivity contribution is -0.133. The predicted octanol–water partition coefficient (Wildman–Crippen LogP) is 3.76. The first kappa shape index (κ1) is 17.1. The Kier molecular flexibility index (Phi) is 4.98. The van der Waals surface area contributed by atoms with E-state index >= 15 is 0 Å². The fourth-order valence-corrected chi connectivity index (χ4v) is 3.65. The molecule has 0 bridgehead atoms. The highest BCUT2D eigenvalue weighted by molar-refractivity contribution is 9.09. The van der Waals surface area contributed by atoms with Gasteiger partial charge in [0.25, 0.3) is 0 Å². The van der Waals surface area contributed by atoms with Gasteiger partial charge < -0.3 is 10.4 Å². The van der Waals surface area contributed by atoms with Crippen LogP contribution in [0.3, 0.4) is 0 Å². The Hall–Kier alpha value is -1.77. The van der Waals surface area contributed by atoms with Crippen LogP contribution in [0.5, 0.6) is 0 Å². The Morgan fingerprint density at radius 2 is 2.29 bits per heavy atom. The summed E-state index contributed by atoms with van der Waals surface area (Å²) in [6.07, 6.45) is 1.63. The lowest BCUT2D eigenvalue weighted by Gasteiger charge is -2.25. The molecule has 1 aromatic carbocycles. The maximum Gasteiger partial charge on any atom is 0.335 e. The first-order valence-corrected chi connectivity index (χ1v) is 9.11. The van der Waals surface area contributed by atoms with Crippen molar-refractivity contribution in [1.82, 2.24) is 10.3 Å². The van der Waals surface area contributed by atoms with Crippen molar-refractivity contribution in [3.8, 4) is 0 Å². The molecule has 24 heavy (non-hydrogen) atoms. The third-order valence-corrected chi connectivity index (χ3v) is 5.05. The van der Waals surface area contributed by atoms with Crippen LogP contribution in [0.1, 0.15) is 16.6 Å². The van der Waals surface area contributed by atoms with Gasteiger partial charge in [-0.25, -0.2) is 14.2 Å². The third-order valence-electron chi connectivity index (χ3n) is 3.38. The molecule has 0 radical (unpaired) electrons. The molecule has 2 aromatic rings. The molecular formula is C15H10BrClFN3O2S. The molecule has 9 heteroatoms. The van der Waals surface area contributed by atoms with Gasteiger partial charge in [-0.2, -0.15) is 0 Å². The van der Waals surface area contributed by atoms with E-state index in [4.69, 9.17) is 11.6 Å². The average Bonchev–Trinajstić information content (AvgIpc) is 3.08. The number of nitrogens with one attached hydrogen (secondary N) is 1. The van der Waals surface area contributed by atoms with Gasteiger partial charge in [0.1, 0.15) is 11.9 Å². The van der Waals surface area contributed by atoms with E-state index in [0.717, 1.165) is 6.07 Å². The van der Waals surface area contributed by atoms with Crippen LogP contribution in [0.4, 0.5) is 4.39 Å². The second-order valence-electron chi connectivity index (χ2n) is 4.84. The van der Waals surface area contributed by atoms with Crippen molar-refractivity contribution in [2.45, 2.75) is 6.04 Å². The summed E-state index contributed by atoms with van der Waals surface area (Å²) in [5, 5.41) is 15.4. The molecule has 0 unspecified atom stereocenters. The predicted molar refractivity (Wildman–Crippen MR) is 94.4 cm³/mol. The van der Waals surface area contributed by atoms with E-state index in [1.54, 1.807) is 11.6 Å². The molecular weight excluding hydrogens is 421 g/mol. The van der Waals surface area contributed by atoms with E-state index < -0.39 is 17.8 Å². The van der Waals surface area contributed by atoms with Crippen molar-refractivity contribution in [2.75, 3.05) is 5.33 Å². The van der Waals surface area contributed by atoms with Gasteiger partial charge in [0, 0.05) is 33.2 Å². The second kappa shape index (κ2) is 7.00. The number of benzene rings is 1. The van der Waals surface area contributed by atoms with Crippen molar-refractivity contribution in [2.24, 2.45) is 4.99 Å². The number of amidine groups is 1. The van der Waals surface area contributed by atoms with Crippen molar-refractivity contribution < 1.29 is 14.3 Å². The number of aliphatic carboxylic acids is 1. The molecule has 0 fully saturated rings. The topological polar surface area (TPSA) is 74.6 Å². The maximum absolute atomic E-state index is 13.3. The fraction of sp³-hybridized carbons (Fsp3) is 0.133. The molecule has 1 aliphatic heterocycles. The number of nitrogens with zero attached hydrogens (tertiary/aromatic N) is 2. The summed E-state index contributed by atoms with van der Waals surface area (Å²) in [6, 6.07) is 2.97. The zero-order valence-corrected chi connectivity index (χ0v) is 15.1. The molecule has 5 nitrogen and oxygen atoms in total. The van der Waals surface area contributed by atoms with Crippen molar-refractivity contribution in [3.05, 3.63) is 62.5 Å². The van der Waals surface area contributed by atoms with Crippen molar-refractivity contribution in [3.63, 3.8) is 0 Å². The smallest absolute Gasteiger partial charge is 0.335 e. The molecule has 0 spiro atoms. The molecule has 0 amide bonds. The third kappa shape index (κ3) is 3.22. The van der Waals surface area contributed by atoms with Crippen LogP contribution in [-0.4, -0.2) is 27.2 Å². The van der Waals surface area contributed by atoms with E-state index in [2.05, 4.69) is 31.2 Å². The standard InChI is InChI=1S/C15H10BrClFN3O2S/c16-6-10-11(15(22)23)12(8-2-1-7(18)5-9(8)17)21-13(20-10)14-19-3-4-24-14/h1-5,12H,6H2,(H,20,21)(H,22,23)/t12-/m0/s1. The molecule has 2 heterocycles. The van der Waals surface area contributed by atoms with Gasteiger partial charge in [-0.15, -0.1) is 11.3 Å². The summed E-state index contributed by atoms with van der Waals surface area (Å²) in [4.78, 5) is 20.4. The molecule has 1 aromatic heterocycles. The van der Waals surface area contributed by atoms with Crippen LogP contribution < -0.4 is 5.32 Å². The van der Waals surface area contributed by atoms with E-state index in [-0.39, 0.29) is 15.9 Å². The molecule has 0 saturated carbocycles. The van der Waals surface area contributed by atoms with E-state index in [1.807, 2.05) is 0 Å². The summed E-state index contributed by atoms with van der Waals surface area (Å²) in [6.45, 7) is 0. The van der Waals surface area contributed by atoms with Gasteiger partial charge in [-0.3, -0.25) is 4.99 Å². The maximum atomic E-state index is 13.3. The molecule has 0 saturated heterocycles. The number of rotatable bonds is 4. The zero-order chi connectivity index (χ0) is 17.3. The fourth-order valence-electron chi connectivity index (χ4n) is 2.35. The molecule has 1 aliphatic rings. The number of aromatic nitrogens is 1. The van der Waals surface area contributed by atoms with Crippen LogP contribution in [0.25, 0.3) is 0 Å². The molecule has 3 rings (SSSR count). The summed E-state index contributed by atoms with van der Waals surface area (Å²) in [5.74, 6) is -1.16. The first-order chi connectivity index (χ1) is 11.5. The number of thiazole rings is 1. The molecule has 1 atom stereocenters. The quantitative estimate of drug-likeness (QED) is 0.724. The Bertz CT molecular complexity index is 854. The van der Waals surface area contributed by atoms with E-state index in [9.17, 15) is 14.3 Å². The number of alkyl halides is 1. The van der Waals surface area contributed by atoms with Crippen LogP contribution in [-0.2, 0) is 4.79 Å². The molecule has 2 N–H and O–H groups in total. The average molecular weight is 431 g/mol. The van der Waals surface area contributed by atoms with Crippen LogP contribution >= 0.6 is 38.9 Å². The Morgan fingerprint density at radius 1 is 1.50 bits per heavy atom. The number of carboxylic acids is 1. The van der Waals surface area contributed by atoms with Gasteiger partial charge in [-0.05, 0) is 12.1 Å². The Labute approximate surface area is 154 Å². The molecule has 124 valence electrons. The number of carbonyl (C=O) groups is 1. The van der Waals surface area contributed by atoms with E-state index in [1.165, 1.54) is 23.5 Å². The van der Waals surface area contributed by atoms with Gasteiger partial charge in [-0.1, -0.05) is 33.6 Å². The SMILES string of the molecule is O=C(O)C1=C(CBr)NC(c2nccs2)=N[C@H]1c1ccc(F)cc1Cl. The number of carboxylic acid groups (broad SMARTS) is 1. The highest BCUT2D eigenvalue weighted by atomic mass is 79.9. The minimum atomic E-state index is -1.12. The zero-order valence-electron chi connectivity index (χ0n) is 12.0. The summed E-state index contributed by atoms with van der Waals surface area (Å²) in [7, 11) is 0. The monoisotopic (exact) mass is 429 g/mol. The highest BCUT2D eigenvalue weighted by Crippen LogP contribution is 2.36. The van der Waals surface area contributed by atoms with Gasteiger partial charge >= 0.3 is 5.97 Å². The minimum absolute atomic E-state index is 0.0562. The lowest BCUT2D eigenvalue weighted by Crippen LogP contribution is -2.34. The van der Waals surface area contributed by atoms with Crippen molar-refractivity contribution in [1.29, 1.82) is 0 Å². The molecule has 0 aliphatic carbocycles. The number of allylic oxidation sites excluding steroid dienone is 1. The van der Waals surface area contributed by atoms with Crippen LogP contribution in [0.2, 0.25) is 5.02 Å². The van der Waals surface area contributed by atoms with Gasteiger partial charge in [0.2, 0.25) is 0 Å². The minimum Gasteiger partial charge on any atom is -0.478 e. The number of hydrogen-bond acceptors (Lipinski definition) is 5. The summed E-state index contributed by atoms with van der Waals surface area (Å²) in [5.41, 5.74) is 0.929. The largest absolute Gasteiger partial charge is 0.478 e. The summed E-state index contributed by atoms with van der Waals surface area (Å²) < 4.78 is 13.3. The summed E-state index contributed by atoms with van der Waals surface area (Å²) >= 11 is 10.8. The van der Waals surface area contributed by atoms with Crippen LogP contribution in [0.15, 0.2) is 46.0 Å². The first-order valence-electron chi connectivity index (χ1n) is 6.73. The number of hydrogen-bond donors (Lipinski definition) is 2. The second-order valence-corrected chi connectivity index (χ2v) is 6.70. The Morgan fingerprint density at radius 3 is 2.88 bits per heavy atom. The lowest BCUT2D eigenvalue weighted by atomic mass is 9.96. The van der Waals surface area contributed by atoms with Crippen LogP contribution in [0, 0.1) is 5.82 Å². The number of aliphatic imine (C=N–C) groups is 1. The highest BCUT2D eigenvalue weighted by Gasteiger charge is 2.32. The number of halogens is 3. The van der Waals surface area contributed by atoms with Crippen molar-refractivity contribution >= 4 is 50.7 Å². The Balaban J connectivity index is 2.17.